The van der Waals surface area contributed by atoms with E-state index < -0.39 is 5.97 Å². The van der Waals surface area contributed by atoms with Crippen LogP contribution in [0.3, 0.4) is 0 Å². The minimum absolute atomic E-state index is 0.125. The molecule has 0 saturated heterocycles. The molecule has 0 radical (unpaired) electrons. The van der Waals surface area contributed by atoms with E-state index in [1.807, 2.05) is 26.0 Å². The van der Waals surface area contributed by atoms with Gasteiger partial charge in [-0.05, 0) is 55.3 Å². The average Bonchev–Trinajstić information content (AvgIpc) is 2.95. The molecule has 2 aromatic carbocycles. The lowest BCUT2D eigenvalue weighted by molar-refractivity contribution is -0.136. The molecule has 1 heterocycles. The molecule has 5 nitrogen and oxygen atoms in total. The van der Waals surface area contributed by atoms with Gasteiger partial charge in [0.2, 0.25) is 0 Å². The number of carbonyl (C=O) groups is 1. The van der Waals surface area contributed by atoms with E-state index in [0.29, 0.717) is 34.4 Å². The number of ether oxygens (including phenoxy) is 2. The highest BCUT2D eigenvalue weighted by atomic mass is 35.5. The van der Waals surface area contributed by atoms with Gasteiger partial charge in [-0.25, -0.2) is 0 Å². The van der Waals surface area contributed by atoms with Crippen molar-refractivity contribution in [1.29, 1.82) is 0 Å². The van der Waals surface area contributed by atoms with E-state index in [-0.39, 0.29) is 6.42 Å². The zero-order valence-electron chi connectivity index (χ0n) is 14.9. The van der Waals surface area contributed by atoms with Gasteiger partial charge in [0.05, 0.1) is 25.8 Å². The molecule has 0 aliphatic heterocycles. The summed E-state index contributed by atoms with van der Waals surface area (Å²) < 4.78 is 11.1. The van der Waals surface area contributed by atoms with Crippen LogP contribution >= 0.6 is 11.6 Å². The third-order valence-corrected chi connectivity index (χ3v) is 4.50. The van der Waals surface area contributed by atoms with Gasteiger partial charge in [0.25, 0.3) is 0 Å². The summed E-state index contributed by atoms with van der Waals surface area (Å²) in [4.78, 5) is 14.9. The molecule has 0 fully saturated rings. The molecule has 0 atom stereocenters. The van der Waals surface area contributed by atoms with Crippen LogP contribution in [0.2, 0.25) is 5.02 Å². The summed E-state index contributed by atoms with van der Waals surface area (Å²) in [6, 6.07) is 9.10. The fourth-order valence-electron chi connectivity index (χ4n) is 3.15. The molecule has 0 amide bonds. The first kappa shape index (κ1) is 18.1. The van der Waals surface area contributed by atoms with Crippen molar-refractivity contribution in [3.63, 3.8) is 0 Å². The van der Waals surface area contributed by atoms with Crippen molar-refractivity contribution in [3.05, 3.63) is 46.5 Å². The number of aromatic nitrogens is 1. The first-order chi connectivity index (χ1) is 12.4. The van der Waals surface area contributed by atoms with Crippen LogP contribution in [0.5, 0.6) is 11.5 Å². The maximum absolute atomic E-state index is 11.5. The summed E-state index contributed by atoms with van der Waals surface area (Å²) in [7, 11) is 1.59. The van der Waals surface area contributed by atoms with Crippen molar-refractivity contribution in [2.45, 2.75) is 20.3 Å². The quantitative estimate of drug-likeness (QED) is 0.649. The maximum atomic E-state index is 11.5. The number of rotatable bonds is 6. The van der Waals surface area contributed by atoms with Gasteiger partial charge in [0.1, 0.15) is 11.5 Å². The third-order valence-electron chi connectivity index (χ3n) is 4.26. The van der Waals surface area contributed by atoms with Crippen molar-refractivity contribution >= 4 is 28.5 Å². The van der Waals surface area contributed by atoms with Gasteiger partial charge in [-0.3, -0.25) is 4.79 Å². The summed E-state index contributed by atoms with van der Waals surface area (Å²) in [6.45, 7) is 4.35. The Morgan fingerprint density at radius 1 is 1.27 bits per heavy atom. The number of hydrogen-bond acceptors (Lipinski definition) is 3. The monoisotopic (exact) mass is 373 g/mol. The molecule has 3 rings (SSSR count). The number of carboxylic acids is 1. The summed E-state index contributed by atoms with van der Waals surface area (Å²) >= 11 is 6.20. The Balaban J connectivity index is 2.34. The first-order valence-corrected chi connectivity index (χ1v) is 8.66. The third kappa shape index (κ3) is 3.35. The van der Waals surface area contributed by atoms with E-state index in [0.717, 1.165) is 22.0 Å². The topological polar surface area (TPSA) is 71.5 Å². The van der Waals surface area contributed by atoms with Crippen molar-refractivity contribution in [2.75, 3.05) is 13.7 Å². The molecule has 0 spiro atoms. The van der Waals surface area contributed by atoms with Crippen LogP contribution in [0.25, 0.3) is 22.2 Å². The SMILES string of the molecule is CCOc1ccc(Cl)cc1-c1[nH]c2c(C)cc(OC)cc2c1CC(=O)O. The summed E-state index contributed by atoms with van der Waals surface area (Å²) in [5.74, 6) is 0.427. The summed E-state index contributed by atoms with van der Waals surface area (Å²) in [5, 5.41) is 10.8. The van der Waals surface area contributed by atoms with Crippen molar-refractivity contribution in [1.82, 2.24) is 4.98 Å². The fraction of sp³-hybridized carbons (Fsp3) is 0.250. The van der Waals surface area contributed by atoms with Crippen LogP contribution in [0.4, 0.5) is 0 Å². The van der Waals surface area contributed by atoms with Crippen molar-refractivity contribution < 1.29 is 19.4 Å². The lowest BCUT2D eigenvalue weighted by Gasteiger charge is -2.11. The molecule has 6 heteroatoms. The number of aromatic amines is 1. The molecule has 0 unspecified atom stereocenters. The number of aliphatic carboxylic acids is 1. The molecule has 136 valence electrons. The van der Waals surface area contributed by atoms with E-state index in [4.69, 9.17) is 21.1 Å². The van der Waals surface area contributed by atoms with Gasteiger partial charge in [0.15, 0.2) is 0 Å². The highest BCUT2D eigenvalue weighted by Crippen LogP contribution is 2.39. The number of benzene rings is 2. The zero-order valence-corrected chi connectivity index (χ0v) is 15.6. The normalized spacial score (nSPS) is 10.9. The van der Waals surface area contributed by atoms with E-state index in [1.54, 1.807) is 25.3 Å². The predicted octanol–water partition coefficient (Wildman–Crippen LogP) is 4.83. The van der Waals surface area contributed by atoms with Gasteiger partial charge >= 0.3 is 5.97 Å². The highest BCUT2D eigenvalue weighted by Gasteiger charge is 2.20. The van der Waals surface area contributed by atoms with E-state index in [1.165, 1.54) is 0 Å². The number of nitrogens with one attached hydrogen (secondary N) is 1. The highest BCUT2D eigenvalue weighted by molar-refractivity contribution is 6.31. The molecule has 0 saturated carbocycles. The van der Waals surface area contributed by atoms with Crippen LogP contribution in [0.15, 0.2) is 30.3 Å². The Hall–Kier alpha value is -2.66. The average molecular weight is 374 g/mol. The lowest BCUT2D eigenvalue weighted by Crippen LogP contribution is -2.02. The zero-order chi connectivity index (χ0) is 18.8. The maximum Gasteiger partial charge on any atom is 0.307 e. The number of halogens is 1. The van der Waals surface area contributed by atoms with E-state index >= 15 is 0 Å². The standard InChI is InChI=1S/C20H20ClNO4/c1-4-26-17-6-5-12(21)8-16(17)20-15(10-18(23)24)14-9-13(25-3)7-11(2)19(14)22-20/h5-9,22H,4,10H2,1-3H3,(H,23,24). The molecule has 0 aliphatic carbocycles. The second-order valence-corrected chi connectivity index (χ2v) is 6.43. The predicted molar refractivity (Wildman–Crippen MR) is 103 cm³/mol. The fourth-order valence-corrected chi connectivity index (χ4v) is 3.33. The Morgan fingerprint density at radius 2 is 2.04 bits per heavy atom. The van der Waals surface area contributed by atoms with Crippen LogP contribution in [-0.4, -0.2) is 29.8 Å². The van der Waals surface area contributed by atoms with Gasteiger partial charge < -0.3 is 19.6 Å². The molecule has 2 N–H and O–H groups in total. The van der Waals surface area contributed by atoms with Gasteiger partial charge in [-0.15, -0.1) is 0 Å². The molecular weight excluding hydrogens is 354 g/mol. The minimum atomic E-state index is -0.910. The van der Waals surface area contributed by atoms with Crippen LogP contribution in [-0.2, 0) is 11.2 Å². The second kappa shape index (κ2) is 7.30. The van der Waals surface area contributed by atoms with Crippen LogP contribution in [0, 0.1) is 6.92 Å². The minimum Gasteiger partial charge on any atom is -0.497 e. The van der Waals surface area contributed by atoms with Crippen LogP contribution < -0.4 is 9.47 Å². The summed E-state index contributed by atoms with van der Waals surface area (Å²) in [5.41, 5.74) is 3.96. The number of methoxy groups -OCH3 is 1. The Bertz CT molecular complexity index is 978. The Morgan fingerprint density at radius 3 is 2.69 bits per heavy atom. The smallest absolute Gasteiger partial charge is 0.307 e. The van der Waals surface area contributed by atoms with Crippen LogP contribution in [0.1, 0.15) is 18.1 Å². The number of hydrogen-bond donors (Lipinski definition) is 2. The molecule has 0 aliphatic rings. The van der Waals surface area contributed by atoms with Gasteiger partial charge in [0, 0.05) is 21.5 Å². The van der Waals surface area contributed by atoms with Gasteiger partial charge in [-0.1, -0.05) is 11.6 Å². The number of aryl methyl sites for hydroxylation is 1. The summed E-state index contributed by atoms with van der Waals surface area (Å²) in [6.07, 6.45) is -0.125. The van der Waals surface area contributed by atoms with E-state index in [9.17, 15) is 9.90 Å². The van der Waals surface area contributed by atoms with Crippen molar-refractivity contribution in [3.8, 4) is 22.8 Å². The van der Waals surface area contributed by atoms with Gasteiger partial charge in [-0.2, -0.15) is 0 Å². The first-order valence-electron chi connectivity index (χ1n) is 8.28. The molecular formula is C20H20ClNO4. The van der Waals surface area contributed by atoms with Crippen molar-refractivity contribution in [2.24, 2.45) is 0 Å². The molecule has 0 bridgehead atoms. The number of fused-ring (bicyclic) bond motifs is 1. The Labute approximate surface area is 156 Å². The largest absolute Gasteiger partial charge is 0.497 e. The number of H-pyrrole nitrogens is 1. The van der Waals surface area contributed by atoms with E-state index in [2.05, 4.69) is 4.98 Å². The lowest BCUT2D eigenvalue weighted by atomic mass is 10.0. The molecule has 26 heavy (non-hydrogen) atoms. The Kier molecular flexibility index (Phi) is 5.09. The second-order valence-electron chi connectivity index (χ2n) is 5.99. The molecule has 3 aromatic rings. The number of carboxylic acid groups (broad SMARTS) is 1. The molecule has 1 aromatic heterocycles.